The van der Waals surface area contributed by atoms with Crippen LogP contribution in [0.4, 0.5) is 5.69 Å². The molecule has 7 heteroatoms. The van der Waals surface area contributed by atoms with E-state index >= 15 is 0 Å². The van der Waals surface area contributed by atoms with Gasteiger partial charge in [0.1, 0.15) is 5.75 Å². The summed E-state index contributed by atoms with van der Waals surface area (Å²) in [6, 6.07) is 7.10. The van der Waals surface area contributed by atoms with Gasteiger partial charge in [-0.05, 0) is 30.2 Å². The van der Waals surface area contributed by atoms with Gasteiger partial charge >= 0.3 is 5.97 Å². The normalized spacial score (nSPS) is 18.3. The lowest BCUT2D eigenvalue weighted by Crippen LogP contribution is -2.35. The van der Waals surface area contributed by atoms with Crippen molar-refractivity contribution in [2.45, 2.75) is 19.8 Å². The molecule has 0 aliphatic carbocycles. The third-order valence-electron chi connectivity index (χ3n) is 4.03. The number of nitrogens with zero attached hydrogens (tertiary/aromatic N) is 1. The highest BCUT2D eigenvalue weighted by Gasteiger charge is 2.35. The molecule has 0 radical (unpaired) electrons. The van der Waals surface area contributed by atoms with Crippen molar-refractivity contribution in [3.63, 3.8) is 0 Å². The monoisotopic (exact) mass is 334 g/mol. The maximum absolute atomic E-state index is 12.2. The number of aliphatic carboxylic acids is 1. The van der Waals surface area contributed by atoms with E-state index in [1.807, 2.05) is 0 Å². The first-order valence-electron chi connectivity index (χ1n) is 7.84. The summed E-state index contributed by atoms with van der Waals surface area (Å²) in [5, 5.41) is 11.5. The number of nitrogens with one attached hydrogen (secondary N) is 1. The van der Waals surface area contributed by atoms with E-state index in [1.165, 1.54) is 0 Å². The number of rotatable bonds is 7. The van der Waals surface area contributed by atoms with Crippen molar-refractivity contribution in [2.24, 2.45) is 11.8 Å². The van der Waals surface area contributed by atoms with Crippen LogP contribution < -0.4 is 15.0 Å². The minimum atomic E-state index is -0.890. The smallest absolute Gasteiger partial charge is 0.303 e. The molecule has 2 N–H and O–H groups in total. The Labute approximate surface area is 140 Å². The van der Waals surface area contributed by atoms with Gasteiger partial charge in [0, 0.05) is 31.6 Å². The molecule has 0 spiro atoms. The SMILES string of the molecule is COc1ccc(N2CC(C(=O)NCC(C)CC(=O)O)CC2=O)cc1. The number of carboxylic acids is 1. The van der Waals surface area contributed by atoms with Crippen LogP contribution in [0.5, 0.6) is 5.75 Å². The van der Waals surface area contributed by atoms with Gasteiger partial charge in [-0.3, -0.25) is 14.4 Å². The molecule has 2 unspecified atom stereocenters. The molecular weight excluding hydrogens is 312 g/mol. The molecule has 2 atom stereocenters. The number of hydrogen-bond acceptors (Lipinski definition) is 4. The number of carbonyl (C=O) groups excluding carboxylic acids is 2. The van der Waals surface area contributed by atoms with Crippen LogP contribution in [-0.4, -0.2) is 43.1 Å². The van der Waals surface area contributed by atoms with Gasteiger partial charge in [0.2, 0.25) is 11.8 Å². The van der Waals surface area contributed by atoms with Crippen molar-refractivity contribution in [3.05, 3.63) is 24.3 Å². The zero-order valence-corrected chi connectivity index (χ0v) is 13.8. The molecule has 1 aliphatic heterocycles. The Hall–Kier alpha value is -2.57. The summed E-state index contributed by atoms with van der Waals surface area (Å²) in [5.74, 6) is -1.07. The van der Waals surface area contributed by atoms with Crippen molar-refractivity contribution >= 4 is 23.5 Å². The van der Waals surface area contributed by atoms with Crippen LogP contribution in [0, 0.1) is 11.8 Å². The molecule has 0 aromatic heterocycles. The van der Waals surface area contributed by atoms with E-state index < -0.39 is 11.9 Å². The maximum atomic E-state index is 12.2. The van der Waals surface area contributed by atoms with Gasteiger partial charge in [0.25, 0.3) is 0 Å². The summed E-state index contributed by atoms with van der Waals surface area (Å²) in [4.78, 5) is 36.6. The highest BCUT2D eigenvalue weighted by atomic mass is 16.5. The van der Waals surface area contributed by atoms with Gasteiger partial charge in [-0.25, -0.2) is 0 Å². The van der Waals surface area contributed by atoms with Crippen molar-refractivity contribution in [2.75, 3.05) is 25.1 Å². The van der Waals surface area contributed by atoms with E-state index in [4.69, 9.17) is 9.84 Å². The maximum Gasteiger partial charge on any atom is 0.303 e. The Morgan fingerprint density at radius 3 is 2.62 bits per heavy atom. The third-order valence-corrected chi connectivity index (χ3v) is 4.03. The largest absolute Gasteiger partial charge is 0.497 e. The number of hydrogen-bond donors (Lipinski definition) is 2. The van der Waals surface area contributed by atoms with E-state index in [2.05, 4.69) is 5.32 Å². The summed E-state index contributed by atoms with van der Waals surface area (Å²) in [5.41, 5.74) is 0.732. The van der Waals surface area contributed by atoms with Crippen LogP contribution >= 0.6 is 0 Å². The molecular formula is C17H22N2O5. The number of carbonyl (C=O) groups is 3. The second-order valence-corrected chi connectivity index (χ2v) is 6.05. The summed E-state index contributed by atoms with van der Waals surface area (Å²) in [6.45, 7) is 2.38. The van der Waals surface area contributed by atoms with Gasteiger partial charge in [-0.1, -0.05) is 6.92 Å². The average molecular weight is 334 g/mol. The van der Waals surface area contributed by atoms with Crippen molar-refractivity contribution in [3.8, 4) is 5.75 Å². The molecule has 0 bridgehead atoms. The third kappa shape index (κ3) is 4.47. The number of methoxy groups -OCH3 is 1. The molecule has 2 amide bonds. The van der Waals surface area contributed by atoms with Gasteiger partial charge < -0.3 is 20.1 Å². The number of amides is 2. The van der Waals surface area contributed by atoms with Crippen LogP contribution in [0.1, 0.15) is 19.8 Å². The van der Waals surface area contributed by atoms with Crippen molar-refractivity contribution in [1.82, 2.24) is 5.32 Å². The molecule has 1 aliphatic rings. The van der Waals surface area contributed by atoms with E-state index in [-0.39, 0.29) is 30.6 Å². The number of benzene rings is 1. The van der Waals surface area contributed by atoms with Gasteiger partial charge in [0.05, 0.1) is 13.0 Å². The fourth-order valence-corrected chi connectivity index (χ4v) is 2.68. The van der Waals surface area contributed by atoms with E-state index in [9.17, 15) is 14.4 Å². The Kier molecular flexibility index (Phi) is 5.78. The average Bonchev–Trinajstić information content (AvgIpc) is 2.94. The molecule has 24 heavy (non-hydrogen) atoms. The van der Waals surface area contributed by atoms with Crippen LogP contribution in [0.3, 0.4) is 0 Å². The van der Waals surface area contributed by atoms with Crippen molar-refractivity contribution < 1.29 is 24.2 Å². The fourth-order valence-electron chi connectivity index (χ4n) is 2.68. The molecule has 2 rings (SSSR count). The fraction of sp³-hybridized carbons (Fsp3) is 0.471. The van der Waals surface area contributed by atoms with E-state index in [0.29, 0.717) is 18.8 Å². The van der Waals surface area contributed by atoms with Gasteiger partial charge in [0.15, 0.2) is 0 Å². The summed E-state index contributed by atoms with van der Waals surface area (Å²) >= 11 is 0. The van der Waals surface area contributed by atoms with Crippen LogP contribution in [0.2, 0.25) is 0 Å². The Morgan fingerprint density at radius 1 is 1.38 bits per heavy atom. The predicted octanol–water partition coefficient (Wildman–Crippen LogP) is 1.28. The first-order chi connectivity index (χ1) is 11.4. The number of ether oxygens (including phenoxy) is 1. The Balaban J connectivity index is 1.91. The summed E-state index contributed by atoms with van der Waals surface area (Å²) in [7, 11) is 1.57. The summed E-state index contributed by atoms with van der Waals surface area (Å²) < 4.78 is 5.09. The lowest BCUT2D eigenvalue weighted by Gasteiger charge is -2.17. The molecule has 7 nitrogen and oxygen atoms in total. The topological polar surface area (TPSA) is 95.9 Å². The molecule has 1 heterocycles. The lowest BCUT2D eigenvalue weighted by atomic mass is 10.1. The van der Waals surface area contributed by atoms with Crippen LogP contribution in [0.15, 0.2) is 24.3 Å². The highest BCUT2D eigenvalue weighted by molar-refractivity contribution is 6.00. The zero-order valence-electron chi connectivity index (χ0n) is 13.8. The van der Waals surface area contributed by atoms with Crippen LogP contribution in [-0.2, 0) is 14.4 Å². The first kappa shape index (κ1) is 17.8. The molecule has 1 aromatic rings. The molecule has 1 aromatic carbocycles. The molecule has 0 saturated carbocycles. The minimum Gasteiger partial charge on any atom is -0.497 e. The van der Waals surface area contributed by atoms with E-state index in [1.54, 1.807) is 43.2 Å². The molecule has 130 valence electrons. The Bertz CT molecular complexity index is 614. The van der Waals surface area contributed by atoms with Gasteiger partial charge in [-0.2, -0.15) is 0 Å². The molecule has 1 fully saturated rings. The highest BCUT2D eigenvalue weighted by Crippen LogP contribution is 2.26. The number of anilines is 1. The summed E-state index contributed by atoms with van der Waals surface area (Å²) in [6.07, 6.45) is 0.160. The second kappa shape index (κ2) is 7.81. The molecule has 1 saturated heterocycles. The minimum absolute atomic E-state index is 0.00184. The lowest BCUT2D eigenvalue weighted by molar-refractivity contribution is -0.138. The Morgan fingerprint density at radius 2 is 2.04 bits per heavy atom. The van der Waals surface area contributed by atoms with Gasteiger partial charge in [-0.15, -0.1) is 0 Å². The quantitative estimate of drug-likeness (QED) is 0.783. The first-order valence-corrected chi connectivity index (χ1v) is 7.84. The number of carboxylic acid groups (broad SMARTS) is 1. The predicted molar refractivity (Wildman–Crippen MR) is 87.9 cm³/mol. The van der Waals surface area contributed by atoms with Crippen LogP contribution in [0.25, 0.3) is 0 Å². The van der Waals surface area contributed by atoms with Crippen molar-refractivity contribution in [1.29, 1.82) is 0 Å². The zero-order chi connectivity index (χ0) is 17.7. The second-order valence-electron chi connectivity index (χ2n) is 6.05. The standard InChI is InChI=1S/C17H22N2O5/c1-11(7-16(21)22)9-18-17(23)12-8-15(20)19(10-12)13-3-5-14(24-2)6-4-13/h3-6,11-12H,7-10H2,1-2H3,(H,18,23)(H,21,22). The van der Waals surface area contributed by atoms with E-state index in [0.717, 1.165) is 5.69 Å².